The number of carbonyl (C=O) groups excluding carboxylic acids is 1. The van der Waals surface area contributed by atoms with E-state index in [1.807, 2.05) is 43.3 Å². The van der Waals surface area contributed by atoms with Crippen LogP contribution in [0.4, 0.5) is 0 Å². The summed E-state index contributed by atoms with van der Waals surface area (Å²) in [6, 6.07) is 16.9. The van der Waals surface area contributed by atoms with Crippen molar-refractivity contribution in [1.82, 2.24) is 5.32 Å². The Hall–Kier alpha value is -3.21. The molecule has 3 rings (SSSR count). The Kier molecular flexibility index (Phi) is 6.04. The average molecular weight is 379 g/mol. The molecule has 0 bridgehead atoms. The van der Waals surface area contributed by atoms with Crippen LogP contribution in [0.25, 0.3) is 0 Å². The summed E-state index contributed by atoms with van der Waals surface area (Å²) >= 11 is 0. The maximum atomic E-state index is 12.4. The van der Waals surface area contributed by atoms with Gasteiger partial charge >= 0.3 is 0 Å². The molecule has 0 aliphatic rings. The Morgan fingerprint density at radius 1 is 1.07 bits per heavy atom. The molecule has 146 valence electrons. The largest absolute Gasteiger partial charge is 0.496 e. The van der Waals surface area contributed by atoms with Crippen LogP contribution in [-0.2, 0) is 6.54 Å². The van der Waals surface area contributed by atoms with Crippen molar-refractivity contribution in [3.05, 3.63) is 77.0 Å². The second-order valence-electron chi connectivity index (χ2n) is 6.89. The topological polar surface area (TPSA) is 60.7 Å². The van der Waals surface area contributed by atoms with Crippen molar-refractivity contribution in [3.8, 4) is 17.4 Å². The summed E-state index contributed by atoms with van der Waals surface area (Å²) in [5.74, 6) is 2.02. The van der Waals surface area contributed by atoms with Gasteiger partial charge in [-0.1, -0.05) is 44.2 Å². The van der Waals surface area contributed by atoms with E-state index in [0.29, 0.717) is 12.5 Å². The first-order valence-corrected chi connectivity index (χ1v) is 9.26. The molecule has 0 saturated heterocycles. The summed E-state index contributed by atoms with van der Waals surface area (Å²) in [5.41, 5.74) is 3.08. The highest BCUT2D eigenvalue weighted by molar-refractivity contribution is 5.91. The summed E-state index contributed by atoms with van der Waals surface area (Å²) in [5, 5.41) is 2.83. The van der Waals surface area contributed by atoms with Gasteiger partial charge in [-0.3, -0.25) is 4.79 Å². The first kappa shape index (κ1) is 19.5. The number of amides is 1. The van der Waals surface area contributed by atoms with Crippen molar-refractivity contribution >= 4 is 5.91 Å². The van der Waals surface area contributed by atoms with Gasteiger partial charge in [0.2, 0.25) is 0 Å². The lowest BCUT2D eigenvalue weighted by Crippen LogP contribution is -2.22. The molecule has 0 radical (unpaired) electrons. The van der Waals surface area contributed by atoms with Gasteiger partial charge < -0.3 is 19.2 Å². The molecule has 0 spiro atoms. The highest BCUT2D eigenvalue weighted by Gasteiger charge is 2.14. The van der Waals surface area contributed by atoms with Crippen LogP contribution in [-0.4, -0.2) is 13.0 Å². The van der Waals surface area contributed by atoms with Gasteiger partial charge in [0.25, 0.3) is 11.9 Å². The zero-order valence-corrected chi connectivity index (χ0v) is 16.6. The number of carbonyl (C=O) groups is 1. The van der Waals surface area contributed by atoms with Crippen molar-refractivity contribution < 1.29 is 18.7 Å². The summed E-state index contributed by atoms with van der Waals surface area (Å²) < 4.78 is 16.7. The van der Waals surface area contributed by atoms with Crippen molar-refractivity contribution in [3.63, 3.8) is 0 Å². The van der Waals surface area contributed by atoms with Gasteiger partial charge in [0.1, 0.15) is 11.5 Å². The maximum absolute atomic E-state index is 12.4. The van der Waals surface area contributed by atoms with Crippen LogP contribution < -0.4 is 14.8 Å². The minimum atomic E-state index is -0.312. The Bertz CT molecular complexity index is 959. The molecule has 28 heavy (non-hydrogen) atoms. The van der Waals surface area contributed by atoms with Crippen LogP contribution in [0.1, 0.15) is 47.0 Å². The molecular weight excluding hydrogens is 354 g/mol. The van der Waals surface area contributed by atoms with Crippen molar-refractivity contribution in [2.45, 2.75) is 33.2 Å². The monoisotopic (exact) mass is 379 g/mol. The van der Waals surface area contributed by atoms with E-state index in [1.54, 1.807) is 19.2 Å². The molecule has 0 aliphatic carbocycles. The summed E-state index contributed by atoms with van der Waals surface area (Å²) in [7, 11) is 1.60. The molecule has 3 aromatic rings. The molecule has 0 saturated carbocycles. The smallest absolute Gasteiger partial charge is 0.290 e. The van der Waals surface area contributed by atoms with Crippen LogP contribution in [0.2, 0.25) is 0 Å². The number of hydrogen-bond donors (Lipinski definition) is 1. The van der Waals surface area contributed by atoms with Crippen molar-refractivity contribution in [2.75, 3.05) is 7.11 Å². The quantitative estimate of drug-likeness (QED) is 0.594. The second kappa shape index (κ2) is 8.65. The van der Waals surface area contributed by atoms with Crippen LogP contribution in [0.15, 0.2) is 59.0 Å². The van der Waals surface area contributed by atoms with Gasteiger partial charge in [0.15, 0.2) is 5.76 Å². The zero-order chi connectivity index (χ0) is 20.1. The Morgan fingerprint density at radius 2 is 1.86 bits per heavy atom. The number of hydrogen-bond acceptors (Lipinski definition) is 4. The van der Waals surface area contributed by atoms with Gasteiger partial charge in [0.05, 0.1) is 7.11 Å². The first-order valence-electron chi connectivity index (χ1n) is 9.26. The third-order valence-electron chi connectivity index (χ3n) is 4.53. The highest BCUT2D eigenvalue weighted by atomic mass is 16.6. The number of rotatable bonds is 7. The van der Waals surface area contributed by atoms with E-state index in [-0.39, 0.29) is 17.6 Å². The lowest BCUT2D eigenvalue weighted by molar-refractivity contribution is 0.0918. The Morgan fingerprint density at radius 3 is 2.61 bits per heavy atom. The van der Waals surface area contributed by atoms with Crippen molar-refractivity contribution in [2.24, 2.45) is 0 Å². The van der Waals surface area contributed by atoms with E-state index in [0.717, 1.165) is 22.6 Å². The molecule has 0 aliphatic heterocycles. The van der Waals surface area contributed by atoms with E-state index in [9.17, 15) is 4.79 Å². The average Bonchev–Trinajstić information content (AvgIpc) is 3.16. The van der Waals surface area contributed by atoms with E-state index >= 15 is 0 Å². The predicted octanol–water partition coefficient (Wildman–Crippen LogP) is 5.44. The van der Waals surface area contributed by atoms with Gasteiger partial charge in [-0.05, 0) is 42.2 Å². The molecule has 1 N–H and O–H groups in total. The summed E-state index contributed by atoms with van der Waals surface area (Å²) in [6.45, 7) is 6.58. The van der Waals surface area contributed by atoms with Gasteiger partial charge in [0, 0.05) is 18.2 Å². The molecule has 5 heteroatoms. The fourth-order valence-corrected chi connectivity index (χ4v) is 2.80. The highest BCUT2D eigenvalue weighted by Crippen LogP contribution is 2.30. The molecule has 0 fully saturated rings. The standard InChI is InChI=1S/C23H25NO4/c1-15(2)17-10-9-16(3)21(13-17)28-22-12-11-20(27-22)23(25)24-14-18-7-5-6-8-19(18)26-4/h5-13,15H,14H2,1-4H3,(H,24,25). The number of methoxy groups -OCH3 is 1. The molecule has 1 heterocycles. The van der Waals surface area contributed by atoms with Crippen LogP contribution in [0.3, 0.4) is 0 Å². The molecule has 1 aromatic heterocycles. The Labute approximate surface area is 165 Å². The number of para-hydroxylation sites is 1. The molecule has 1 amide bonds. The third-order valence-corrected chi connectivity index (χ3v) is 4.53. The molecule has 5 nitrogen and oxygen atoms in total. The van der Waals surface area contributed by atoms with Crippen LogP contribution in [0, 0.1) is 6.92 Å². The number of nitrogens with one attached hydrogen (secondary N) is 1. The fraction of sp³-hybridized carbons (Fsp3) is 0.261. The Balaban J connectivity index is 1.67. The van der Waals surface area contributed by atoms with Gasteiger partial charge in [-0.25, -0.2) is 0 Å². The lowest BCUT2D eigenvalue weighted by atomic mass is 10.0. The van der Waals surface area contributed by atoms with Gasteiger partial charge in [-0.2, -0.15) is 0 Å². The molecular formula is C23H25NO4. The minimum Gasteiger partial charge on any atom is -0.496 e. The van der Waals surface area contributed by atoms with Crippen LogP contribution >= 0.6 is 0 Å². The number of benzene rings is 2. The first-order chi connectivity index (χ1) is 13.5. The van der Waals surface area contributed by atoms with E-state index in [1.165, 1.54) is 5.56 Å². The fourth-order valence-electron chi connectivity index (χ4n) is 2.80. The SMILES string of the molecule is COc1ccccc1CNC(=O)c1ccc(Oc2cc(C(C)C)ccc2C)o1. The second-order valence-corrected chi connectivity index (χ2v) is 6.89. The van der Waals surface area contributed by atoms with Crippen LogP contribution in [0.5, 0.6) is 17.4 Å². The molecule has 2 aromatic carbocycles. The van der Waals surface area contributed by atoms with Crippen molar-refractivity contribution in [1.29, 1.82) is 0 Å². The number of furan rings is 1. The third kappa shape index (κ3) is 4.55. The number of ether oxygens (including phenoxy) is 2. The molecule has 0 atom stereocenters. The van der Waals surface area contributed by atoms with Gasteiger partial charge in [-0.15, -0.1) is 0 Å². The summed E-state index contributed by atoms with van der Waals surface area (Å²) in [4.78, 5) is 12.4. The number of aryl methyl sites for hydroxylation is 1. The normalized spacial score (nSPS) is 10.8. The zero-order valence-electron chi connectivity index (χ0n) is 16.6. The summed E-state index contributed by atoms with van der Waals surface area (Å²) in [6.07, 6.45) is 0. The molecule has 0 unspecified atom stereocenters. The van der Waals surface area contributed by atoms with E-state index in [2.05, 4.69) is 25.2 Å². The lowest BCUT2D eigenvalue weighted by Gasteiger charge is -2.11. The predicted molar refractivity (Wildman–Crippen MR) is 108 cm³/mol. The van der Waals surface area contributed by atoms with E-state index < -0.39 is 0 Å². The van der Waals surface area contributed by atoms with E-state index in [4.69, 9.17) is 13.9 Å². The minimum absolute atomic E-state index is 0.197. The maximum Gasteiger partial charge on any atom is 0.290 e.